The Morgan fingerprint density at radius 2 is 1.44 bits per heavy atom. The van der Waals surface area contributed by atoms with E-state index in [0.29, 0.717) is 18.5 Å². The second-order valence-electron chi connectivity index (χ2n) is 8.49. The maximum Gasteiger partial charge on any atom is 0.327 e. The number of hydrogen-bond acceptors (Lipinski definition) is 9. The van der Waals surface area contributed by atoms with E-state index in [-0.39, 0.29) is 50.0 Å². The Hall–Kier alpha value is -4.06. The minimum Gasteiger partial charge on any atom is -0.480 e. The normalized spacial score (nSPS) is 13.7. The van der Waals surface area contributed by atoms with Crippen LogP contribution in [0.2, 0.25) is 0 Å². The number of aromatic nitrogens is 2. The monoisotopic (exact) mass is 570 g/mol. The van der Waals surface area contributed by atoms with Crippen molar-refractivity contribution in [3.63, 3.8) is 0 Å². The van der Waals surface area contributed by atoms with E-state index < -0.39 is 47.9 Å². The van der Waals surface area contributed by atoms with Gasteiger partial charge in [0.1, 0.15) is 18.1 Å². The third kappa shape index (κ3) is 13.3. The summed E-state index contributed by atoms with van der Waals surface area (Å²) in [5.41, 5.74) is 27.7. The van der Waals surface area contributed by atoms with Gasteiger partial charge in [-0.3, -0.25) is 24.4 Å². The summed E-state index contributed by atoms with van der Waals surface area (Å²) in [4.78, 5) is 64.7. The van der Waals surface area contributed by atoms with Crippen molar-refractivity contribution in [1.82, 2.24) is 25.9 Å². The van der Waals surface area contributed by atoms with Crippen molar-refractivity contribution in [3.8, 4) is 0 Å². The van der Waals surface area contributed by atoms with Gasteiger partial charge < -0.3 is 54.7 Å². The van der Waals surface area contributed by atoms with Crippen LogP contribution in [0.1, 0.15) is 31.4 Å². The molecule has 0 saturated heterocycles. The highest BCUT2D eigenvalue weighted by atomic mass is 32.1. The van der Waals surface area contributed by atoms with Gasteiger partial charge in [0.2, 0.25) is 17.7 Å². The number of imidazole rings is 1. The van der Waals surface area contributed by atoms with E-state index >= 15 is 0 Å². The third-order valence-electron chi connectivity index (χ3n) is 5.29. The van der Waals surface area contributed by atoms with E-state index in [1.807, 2.05) is 0 Å². The van der Waals surface area contributed by atoms with Crippen molar-refractivity contribution in [3.05, 3.63) is 18.2 Å². The molecule has 0 spiro atoms. The molecule has 218 valence electrons. The molecule has 1 aromatic rings. The van der Waals surface area contributed by atoms with Crippen molar-refractivity contribution < 1.29 is 24.3 Å². The van der Waals surface area contributed by atoms with Crippen LogP contribution in [0, 0.1) is 0 Å². The third-order valence-corrected chi connectivity index (χ3v) is 5.66. The molecule has 1 rings (SSSR count). The summed E-state index contributed by atoms with van der Waals surface area (Å²) >= 11 is 3.94. The first-order valence-corrected chi connectivity index (χ1v) is 12.7. The molecule has 1 heterocycles. The molecule has 0 aliphatic heterocycles. The van der Waals surface area contributed by atoms with Crippen molar-refractivity contribution in [2.45, 2.75) is 56.3 Å². The summed E-state index contributed by atoms with van der Waals surface area (Å²) in [5, 5.41) is 16.8. The lowest BCUT2D eigenvalue weighted by Crippen LogP contribution is -2.57. The fraction of sp³-hybridized carbons (Fsp3) is 0.571. The highest BCUT2D eigenvalue weighted by Gasteiger charge is 2.30. The molecule has 3 amide bonds. The van der Waals surface area contributed by atoms with Crippen molar-refractivity contribution >= 4 is 48.2 Å². The number of guanidine groups is 2. The van der Waals surface area contributed by atoms with Crippen LogP contribution >= 0.6 is 12.6 Å². The quantitative estimate of drug-likeness (QED) is 0.0348. The van der Waals surface area contributed by atoms with Crippen LogP contribution in [-0.2, 0) is 25.6 Å². The fourth-order valence-corrected chi connectivity index (χ4v) is 3.50. The number of carboxylic acids is 1. The minimum absolute atomic E-state index is 0.0323. The molecule has 0 radical (unpaired) electrons. The maximum absolute atomic E-state index is 13.3. The van der Waals surface area contributed by atoms with E-state index in [4.69, 9.17) is 28.7 Å². The zero-order valence-electron chi connectivity index (χ0n) is 21.4. The first-order chi connectivity index (χ1) is 18.4. The van der Waals surface area contributed by atoms with Gasteiger partial charge in [-0.05, 0) is 25.7 Å². The molecular formula is C21H38N12O5S. The second-order valence-corrected chi connectivity index (χ2v) is 8.85. The smallest absolute Gasteiger partial charge is 0.327 e. The van der Waals surface area contributed by atoms with Crippen LogP contribution < -0.4 is 44.6 Å². The average molecular weight is 571 g/mol. The van der Waals surface area contributed by atoms with Crippen molar-refractivity contribution in [2.75, 3.05) is 18.8 Å². The minimum atomic E-state index is -1.29. The topological polar surface area (TPSA) is 308 Å². The number of hydrogen-bond donors (Lipinski definition) is 11. The van der Waals surface area contributed by atoms with Crippen LogP contribution in [0.5, 0.6) is 0 Å². The Labute approximate surface area is 230 Å². The first kappa shape index (κ1) is 33.0. The summed E-state index contributed by atoms with van der Waals surface area (Å²) in [6.07, 6.45) is 3.91. The van der Waals surface area contributed by atoms with Gasteiger partial charge in [-0.1, -0.05) is 0 Å². The first-order valence-electron chi connectivity index (χ1n) is 12.0. The predicted molar refractivity (Wildman–Crippen MR) is 147 cm³/mol. The summed E-state index contributed by atoms with van der Waals surface area (Å²) in [6.45, 7) is 0.465. The number of nitrogens with zero attached hydrogens (tertiary/aromatic N) is 3. The predicted octanol–water partition coefficient (Wildman–Crippen LogP) is -4.14. The number of carboxylic acid groups (broad SMARTS) is 1. The number of carbonyl (C=O) groups is 4. The molecule has 17 nitrogen and oxygen atoms in total. The number of amides is 3. The number of nitrogens with two attached hydrogens (primary N) is 5. The number of aliphatic carboxylic acids is 1. The Bertz CT molecular complexity index is 995. The number of carbonyl (C=O) groups excluding carboxylic acids is 3. The molecule has 0 aliphatic rings. The zero-order chi connectivity index (χ0) is 29.4. The number of thiol groups is 1. The van der Waals surface area contributed by atoms with Gasteiger partial charge in [0.25, 0.3) is 0 Å². The van der Waals surface area contributed by atoms with E-state index in [1.165, 1.54) is 12.5 Å². The summed E-state index contributed by atoms with van der Waals surface area (Å²) in [7, 11) is 0. The Balaban J connectivity index is 3.01. The van der Waals surface area contributed by atoms with Gasteiger partial charge in [-0.15, -0.1) is 0 Å². The molecule has 4 atom stereocenters. The fourth-order valence-electron chi connectivity index (χ4n) is 3.26. The van der Waals surface area contributed by atoms with Crippen LogP contribution in [0.25, 0.3) is 0 Å². The number of nitrogens with one attached hydrogen (secondary N) is 4. The standard InChI is InChI=1S/C21H38N12O5S/c22-12(3-1-5-28-20(23)24)16(34)31-13(4-2-6-29-21(25)26)17(35)32-14(7-11-8-27-10-30-11)18(36)33-15(9-39)19(37)38/h8,10,12-15,39H,1-7,9,22H2,(H,27,30)(H,31,34)(H,32,35)(H,33,36)(H,37,38)(H4,23,24,28)(H4,25,26,29). The molecule has 15 N–H and O–H groups in total. The van der Waals surface area contributed by atoms with Gasteiger partial charge in [-0.25, -0.2) is 9.78 Å². The number of H-pyrrole nitrogens is 1. The molecule has 1 aromatic heterocycles. The Morgan fingerprint density at radius 3 is 1.95 bits per heavy atom. The molecular weight excluding hydrogens is 532 g/mol. The van der Waals surface area contributed by atoms with Gasteiger partial charge in [-0.2, -0.15) is 12.6 Å². The highest BCUT2D eigenvalue weighted by Crippen LogP contribution is 2.05. The Morgan fingerprint density at radius 1 is 0.897 bits per heavy atom. The van der Waals surface area contributed by atoms with E-state index in [0.717, 1.165) is 0 Å². The Kier molecular flexibility index (Phi) is 14.8. The van der Waals surface area contributed by atoms with Gasteiger partial charge in [0.05, 0.1) is 12.4 Å². The number of aromatic amines is 1. The molecule has 39 heavy (non-hydrogen) atoms. The average Bonchev–Trinajstić information content (AvgIpc) is 3.38. The van der Waals surface area contributed by atoms with Crippen molar-refractivity contribution in [1.29, 1.82) is 0 Å². The maximum atomic E-state index is 13.3. The van der Waals surface area contributed by atoms with E-state index in [2.05, 4.69) is 48.5 Å². The van der Waals surface area contributed by atoms with E-state index in [9.17, 15) is 24.3 Å². The lowest BCUT2D eigenvalue weighted by molar-refractivity contribution is -0.141. The molecule has 0 saturated carbocycles. The van der Waals surface area contributed by atoms with Gasteiger partial charge in [0.15, 0.2) is 11.9 Å². The van der Waals surface area contributed by atoms with Crippen LogP contribution in [0.15, 0.2) is 22.5 Å². The zero-order valence-corrected chi connectivity index (χ0v) is 22.3. The summed E-state index contributed by atoms with van der Waals surface area (Å²) < 4.78 is 0. The van der Waals surface area contributed by atoms with Crippen LogP contribution in [0.3, 0.4) is 0 Å². The molecule has 18 heteroatoms. The second kappa shape index (κ2) is 17.4. The molecule has 0 aliphatic carbocycles. The van der Waals surface area contributed by atoms with Gasteiger partial charge >= 0.3 is 5.97 Å². The summed E-state index contributed by atoms with van der Waals surface area (Å²) in [6, 6.07) is -4.55. The largest absolute Gasteiger partial charge is 0.480 e. The molecule has 4 unspecified atom stereocenters. The summed E-state index contributed by atoms with van der Waals surface area (Å²) in [5.74, 6) is -3.73. The number of aliphatic imine (C=N–C) groups is 2. The van der Waals surface area contributed by atoms with Crippen LogP contribution in [-0.4, -0.2) is 93.7 Å². The lowest BCUT2D eigenvalue weighted by atomic mass is 10.1. The van der Waals surface area contributed by atoms with Gasteiger partial charge in [0, 0.05) is 37.2 Å². The number of rotatable bonds is 18. The highest BCUT2D eigenvalue weighted by molar-refractivity contribution is 7.80. The van der Waals surface area contributed by atoms with Crippen LogP contribution in [0.4, 0.5) is 0 Å². The SMILES string of the molecule is NC(N)=NCCCC(N)C(=O)NC(CCCN=C(N)N)C(=O)NC(Cc1cnc[nH]1)C(=O)NC(CS)C(=O)O. The molecule has 0 bridgehead atoms. The lowest BCUT2D eigenvalue weighted by Gasteiger charge is -2.25. The van der Waals surface area contributed by atoms with Crippen molar-refractivity contribution in [2.24, 2.45) is 38.7 Å². The van der Waals surface area contributed by atoms with E-state index in [1.54, 1.807) is 0 Å². The molecule has 0 aromatic carbocycles. The molecule has 0 fully saturated rings.